The minimum Gasteiger partial charge on any atom is -0.384 e. The molecule has 3 rings (SSSR count). The molecule has 0 saturated heterocycles. The van der Waals surface area contributed by atoms with Crippen LogP contribution >= 0.6 is 0 Å². The summed E-state index contributed by atoms with van der Waals surface area (Å²) in [6, 6.07) is 8.12. The van der Waals surface area contributed by atoms with Crippen molar-refractivity contribution in [1.29, 1.82) is 0 Å². The summed E-state index contributed by atoms with van der Waals surface area (Å²) >= 11 is 0. The Kier molecular flexibility index (Phi) is 2.83. The molecule has 0 aliphatic rings. The third-order valence-electron chi connectivity index (χ3n) is 3.76. The van der Waals surface area contributed by atoms with Crippen LogP contribution in [0.1, 0.15) is 26.6 Å². The molecule has 2 heterocycles. The average molecular weight is 283 g/mol. The number of rotatable bonds is 1. The predicted molar refractivity (Wildman–Crippen MR) is 86.0 cm³/mol. The van der Waals surface area contributed by atoms with Crippen LogP contribution < -0.4 is 5.73 Å². The van der Waals surface area contributed by atoms with E-state index in [0.717, 1.165) is 28.1 Å². The molecule has 1 aromatic carbocycles. The minimum absolute atomic E-state index is 0.0172. The number of benzene rings is 1. The van der Waals surface area contributed by atoms with Crippen LogP contribution in [0.15, 0.2) is 24.3 Å². The summed E-state index contributed by atoms with van der Waals surface area (Å²) in [6.45, 7) is 6.53. The number of nitrogens with zero attached hydrogens (tertiary/aromatic N) is 4. The molecule has 0 amide bonds. The zero-order valence-corrected chi connectivity index (χ0v) is 13.2. The molecule has 2 aromatic heterocycles. The molecule has 0 fully saturated rings. The Bertz CT molecular complexity index is 798. The standard InChI is InChI=1S/C16H21N5/c1-16(2,3)15-18-12-8-10(6-7-13(12)20(15)4)11-9-14(17)21(5)19-11/h6-9H,17H2,1-5H3. The first-order chi connectivity index (χ1) is 9.77. The number of hydrogen-bond acceptors (Lipinski definition) is 3. The lowest BCUT2D eigenvalue weighted by atomic mass is 9.96. The van der Waals surface area contributed by atoms with Crippen molar-refractivity contribution in [2.24, 2.45) is 14.1 Å². The fraction of sp³-hybridized carbons (Fsp3) is 0.375. The summed E-state index contributed by atoms with van der Waals surface area (Å²) in [7, 11) is 3.91. The Hall–Kier alpha value is -2.30. The summed E-state index contributed by atoms with van der Waals surface area (Å²) in [6.07, 6.45) is 0. The highest BCUT2D eigenvalue weighted by Gasteiger charge is 2.21. The fourth-order valence-electron chi connectivity index (χ4n) is 2.65. The van der Waals surface area contributed by atoms with Crippen LogP contribution in [0.5, 0.6) is 0 Å². The molecule has 0 aliphatic heterocycles. The largest absolute Gasteiger partial charge is 0.384 e. The predicted octanol–water partition coefficient (Wildman–Crippen LogP) is 2.85. The van der Waals surface area contributed by atoms with Gasteiger partial charge in [-0.05, 0) is 12.1 Å². The second kappa shape index (κ2) is 4.35. The molecule has 2 N–H and O–H groups in total. The Morgan fingerprint density at radius 2 is 1.81 bits per heavy atom. The first-order valence-corrected chi connectivity index (χ1v) is 7.04. The first kappa shape index (κ1) is 13.7. The van der Waals surface area contributed by atoms with E-state index in [4.69, 9.17) is 10.7 Å². The lowest BCUT2D eigenvalue weighted by molar-refractivity contribution is 0.526. The van der Waals surface area contributed by atoms with Crippen molar-refractivity contribution in [2.75, 3.05) is 5.73 Å². The third kappa shape index (κ3) is 2.18. The van der Waals surface area contributed by atoms with Crippen molar-refractivity contribution in [2.45, 2.75) is 26.2 Å². The molecule has 3 aromatic rings. The highest BCUT2D eigenvalue weighted by Crippen LogP contribution is 2.28. The number of hydrogen-bond donors (Lipinski definition) is 1. The summed E-state index contributed by atoms with van der Waals surface area (Å²) < 4.78 is 3.84. The number of nitrogen functional groups attached to an aromatic ring is 1. The minimum atomic E-state index is 0.0172. The molecular formula is C16H21N5. The molecule has 5 heteroatoms. The van der Waals surface area contributed by atoms with Gasteiger partial charge in [-0.15, -0.1) is 0 Å². The van der Waals surface area contributed by atoms with Gasteiger partial charge in [0.05, 0.1) is 16.7 Å². The van der Waals surface area contributed by atoms with Gasteiger partial charge in [0.2, 0.25) is 0 Å². The molecule has 0 aliphatic carbocycles. The third-order valence-corrected chi connectivity index (χ3v) is 3.76. The van der Waals surface area contributed by atoms with Crippen LogP contribution in [0.2, 0.25) is 0 Å². The van der Waals surface area contributed by atoms with Crippen molar-refractivity contribution in [3.05, 3.63) is 30.1 Å². The number of anilines is 1. The summed E-state index contributed by atoms with van der Waals surface area (Å²) in [5.74, 6) is 1.73. The van der Waals surface area contributed by atoms with E-state index < -0.39 is 0 Å². The van der Waals surface area contributed by atoms with Gasteiger partial charge in [-0.2, -0.15) is 5.10 Å². The Morgan fingerprint density at radius 3 is 2.38 bits per heavy atom. The molecule has 0 bridgehead atoms. The maximum Gasteiger partial charge on any atom is 0.121 e. The zero-order valence-electron chi connectivity index (χ0n) is 13.2. The fourth-order valence-corrected chi connectivity index (χ4v) is 2.65. The number of fused-ring (bicyclic) bond motifs is 1. The van der Waals surface area contributed by atoms with Gasteiger partial charge in [0.25, 0.3) is 0 Å². The normalized spacial score (nSPS) is 12.2. The molecule has 110 valence electrons. The van der Waals surface area contributed by atoms with E-state index >= 15 is 0 Å². The van der Waals surface area contributed by atoms with Gasteiger partial charge in [0, 0.05) is 31.1 Å². The lowest BCUT2D eigenvalue weighted by Crippen LogP contribution is -2.17. The van der Waals surface area contributed by atoms with E-state index in [0.29, 0.717) is 5.82 Å². The Morgan fingerprint density at radius 1 is 1.10 bits per heavy atom. The van der Waals surface area contributed by atoms with Gasteiger partial charge >= 0.3 is 0 Å². The molecule has 0 radical (unpaired) electrons. The Labute approximate surface area is 124 Å². The quantitative estimate of drug-likeness (QED) is 0.747. The highest BCUT2D eigenvalue weighted by molar-refractivity contribution is 5.82. The zero-order chi connectivity index (χ0) is 15.4. The van der Waals surface area contributed by atoms with Crippen molar-refractivity contribution in [3.8, 4) is 11.3 Å². The monoisotopic (exact) mass is 283 g/mol. The SMILES string of the molecule is Cn1nc(-c2ccc3c(c2)nc(C(C)(C)C)n3C)cc1N. The highest BCUT2D eigenvalue weighted by atomic mass is 15.3. The van der Waals surface area contributed by atoms with Gasteiger partial charge in [-0.1, -0.05) is 26.8 Å². The van der Waals surface area contributed by atoms with Crippen LogP contribution in [0.4, 0.5) is 5.82 Å². The van der Waals surface area contributed by atoms with E-state index in [-0.39, 0.29) is 5.41 Å². The number of imidazole rings is 1. The summed E-state index contributed by atoms with van der Waals surface area (Å²) in [5.41, 5.74) is 9.91. The average Bonchev–Trinajstić information content (AvgIpc) is 2.90. The second-order valence-electron chi connectivity index (χ2n) is 6.53. The van der Waals surface area contributed by atoms with Gasteiger partial charge in [-0.25, -0.2) is 4.98 Å². The number of aromatic nitrogens is 4. The molecule has 0 spiro atoms. The van der Waals surface area contributed by atoms with Gasteiger partial charge < -0.3 is 10.3 Å². The maximum absolute atomic E-state index is 5.86. The molecule has 0 atom stereocenters. The maximum atomic E-state index is 5.86. The van der Waals surface area contributed by atoms with E-state index in [1.54, 1.807) is 4.68 Å². The summed E-state index contributed by atoms with van der Waals surface area (Å²) in [4.78, 5) is 4.80. The first-order valence-electron chi connectivity index (χ1n) is 7.04. The van der Waals surface area contributed by atoms with E-state index in [1.165, 1.54) is 0 Å². The molecule has 0 saturated carbocycles. The van der Waals surface area contributed by atoms with Crippen LogP contribution in [-0.4, -0.2) is 19.3 Å². The van der Waals surface area contributed by atoms with Crippen molar-refractivity contribution in [1.82, 2.24) is 19.3 Å². The van der Waals surface area contributed by atoms with Crippen LogP contribution in [0.25, 0.3) is 22.3 Å². The number of aryl methyl sites for hydroxylation is 2. The summed E-state index contributed by atoms with van der Waals surface area (Å²) in [5, 5.41) is 4.42. The number of nitrogens with two attached hydrogens (primary N) is 1. The molecule has 5 nitrogen and oxygen atoms in total. The molecule has 21 heavy (non-hydrogen) atoms. The van der Waals surface area contributed by atoms with Crippen molar-refractivity contribution in [3.63, 3.8) is 0 Å². The lowest BCUT2D eigenvalue weighted by Gasteiger charge is -2.17. The van der Waals surface area contributed by atoms with Crippen LogP contribution in [0.3, 0.4) is 0 Å². The van der Waals surface area contributed by atoms with Gasteiger partial charge in [0.1, 0.15) is 11.6 Å². The smallest absolute Gasteiger partial charge is 0.121 e. The van der Waals surface area contributed by atoms with Crippen molar-refractivity contribution >= 4 is 16.9 Å². The van der Waals surface area contributed by atoms with Crippen molar-refractivity contribution < 1.29 is 0 Å². The van der Waals surface area contributed by atoms with Crippen LogP contribution in [-0.2, 0) is 19.5 Å². The van der Waals surface area contributed by atoms with E-state index in [9.17, 15) is 0 Å². The topological polar surface area (TPSA) is 61.7 Å². The molecular weight excluding hydrogens is 262 g/mol. The van der Waals surface area contributed by atoms with E-state index in [2.05, 4.69) is 55.7 Å². The van der Waals surface area contributed by atoms with Gasteiger partial charge in [0.15, 0.2) is 0 Å². The van der Waals surface area contributed by atoms with Crippen LogP contribution in [0, 0.1) is 0 Å². The Balaban J connectivity index is 2.17. The molecule has 0 unspecified atom stereocenters. The van der Waals surface area contributed by atoms with E-state index in [1.807, 2.05) is 13.1 Å². The van der Waals surface area contributed by atoms with Gasteiger partial charge in [-0.3, -0.25) is 4.68 Å². The second-order valence-corrected chi connectivity index (χ2v) is 6.53.